The van der Waals surface area contributed by atoms with Crippen LogP contribution in [0.4, 0.5) is 5.69 Å². The van der Waals surface area contributed by atoms with Crippen LogP contribution in [0.15, 0.2) is 84.0 Å². The van der Waals surface area contributed by atoms with Crippen molar-refractivity contribution in [3.05, 3.63) is 101 Å². The highest BCUT2D eigenvalue weighted by Gasteiger charge is 2.29. The van der Waals surface area contributed by atoms with Crippen LogP contribution in [-0.4, -0.2) is 37.5 Å². The molecule has 0 unspecified atom stereocenters. The third kappa shape index (κ3) is 5.95. The van der Waals surface area contributed by atoms with Crippen molar-refractivity contribution in [3.63, 3.8) is 0 Å². The molecule has 1 heterocycles. The molecule has 0 spiro atoms. The lowest BCUT2D eigenvalue weighted by molar-refractivity contribution is -0.119. The molecule has 0 bridgehead atoms. The van der Waals surface area contributed by atoms with Crippen LogP contribution in [0.25, 0.3) is 5.69 Å². The molecule has 0 aliphatic heterocycles. The number of aromatic nitrogens is 2. The van der Waals surface area contributed by atoms with E-state index in [1.54, 1.807) is 30.5 Å². The summed E-state index contributed by atoms with van der Waals surface area (Å²) in [4.78, 5) is 17.3. The SMILES string of the molecule is COc1ccc(Cl)cc1N(CC(=O)NCc1ccc(-n2ccnc2C)cc1)S(=O)(=O)c1ccc(C)cc1. The third-order valence-corrected chi connectivity index (χ3v) is 7.84. The molecule has 1 amide bonds. The highest BCUT2D eigenvalue weighted by atomic mass is 35.5. The first-order valence-electron chi connectivity index (χ1n) is 11.5. The predicted molar refractivity (Wildman–Crippen MR) is 144 cm³/mol. The summed E-state index contributed by atoms with van der Waals surface area (Å²) in [5, 5.41) is 3.13. The van der Waals surface area contributed by atoms with Gasteiger partial charge in [0.15, 0.2) is 0 Å². The van der Waals surface area contributed by atoms with Crippen molar-refractivity contribution in [2.75, 3.05) is 18.0 Å². The Morgan fingerprint density at radius 2 is 1.76 bits per heavy atom. The smallest absolute Gasteiger partial charge is 0.264 e. The number of nitrogens with zero attached hydrogens (tertiary/aromatic N) is 3. The van der Waals surface area contributed by atoms with Gasteiger partial charge in [0.1, 0.15) is 18.1 Å². The van der Waals surface area contributed by atoms with Gasteiger partial charge in [-0.05, 0) is 61.9 Å². The van der Waals surface area contributed by atoms with E-state index in [9.17, 15) is 13.2 Å². The first kappa shape index (κ1) is 26.2. The Labute approximate surface area is 221 Å². The minimum absolute atomic E-state index is 0.0540. The number of methoxy groups -OCH3 is 1. The summed E-state index contributed by atoms with van der Waals surface area (Å²) in [5.74, 6) is 0.665. The number of nitrogens with one attached hydrogen (secondary N) is 1. The predicted octanol–water partition coefficient (Wildman–Crippen LogP) is 4.66. The van der Waals surface area contributed by atoms with E-state index in [4.69, 9.17) is 16.3 Å². The standard InChI is InChI=1S/C27H27ClN4O4S/c1-19-4-11-24(12-5-19)37(34,35)32(25-16-22(28)8-13-26(25)36-3)18-27(33)30-17-21-6-9-23(10-7-21)31-15-14-29-20(31)2/h4-16H,17-18H2,1-3H3,(H,30,33). The summed E-state index contributed by atoms with van der Waals surface area (Å²) in [6, 6.07) is 18.7. The number of carbonyl (C=O) groups excluding carboxylic acids is 1. The van der Waals surface area contributed by atoms with Crippen LogP contribution in [0.5, 0.6) is 5.75 Å². The van der Waals surface area contributed by atoms with Gasteiger partial charge in [-0.3, -0.25) is 9.10 Å². The number of sulfonamides is 1. The monoisotopic (exact) mass is 538 g/mol. The van der Waals surface area contributed by atoms with E-state index in [0.29, 0.717) is 5.02 Å². The number of benzene rings is 3. The summed E-state index contributed by atoms with van der Waals surface area (Å²) in [7, 11) is -2.68. The van der Waals surface area contributed by atoms with Gasteiger partial charge in [-0.15, -0.1) is 0 Å². The third-order valence-electron chi connectivity index (χ3n) is 5.84. The van der Waals surface area contributed by atoms with E-state index in [2.05, 4.69) is 10.3 Å². The molecular formula is C27H27ClN4O4S. The van der Waals surface area contributed by atoms with Crippen LogP contribution in [0.2, 0.25) is 5.02 Å². The van der Waals surface area contributed by atoms with Gasteiger partial charge in [0, 0.05) is 29.6 Å². The second kappa shape index (κ2) is 11.1. The molecule has 0 aliphatic rings. The normalized spacial score (nSPS) is 11.2. The minimum Gasteiger partial charge on any atom is -0.495 e. The molecule has 37 heavy (non-hydrogen) atoms. The molecule has 4 aromatic rings. The van der Waals surface area contributed by atoms with Crippen molar-refractivity contribution in [1.29, 1.82) is 0 Å². The topological polar surface area (TPSA) is 93.5 Å². The molecule has 8 nitrogen and oxygen atoms in total. The average Bonchev–Trinajstić information content (AvgIpc) is 3.32. The number of rotatable bonds is 9. The Bertz CT molecular complexity index is 1500. The Hall–Kier alpha value is -3.82. The number of hydrogen-bond acceptors (Lipinski definition) is 5. The van der Waals surface area contributed by atoms with Gasteiger partial charge in [-0.25, -0.2) is 13.4 Å². The lowest BCUT2D eigenvalue weighted by Gasteiger charge is -2.26. The molecule has 0 saturated heterocycles. The summed E-state index contributed by atoms with van der Waals surface area (Å²) in [6.07, 6.45) is 3.61. The van der Waals surface area contributed by atoms with Crippen LogP contribution < -0.4 is 14.4 Å². The number of anilines is 1. The zero-order chi connectivity index (χ0) is 26.6. The van der Waals surface area contributed by atoms with Crippen LogP contribution in [-0.2, 0) is 21.4 Å². The quantitative estimate of drug-likeness (QED) is 0.334. The largest absolute Gasteiger partial charge is 0.495 e. The molecule has 1 N–H and O–H groups in total. The number of ether oxygens (including phenoxy) is 1. The van der Waals surface area contributed by atoms with Crippen LogP contribution in [0, 0.1) is 13.8 Å². The van der Waals surface area contributed by atoms with E-state index in [1.165, 1.54) is 25.3 Å². The molecule has 0 saturated carbocycles. The fourth-order valence-electron chi connectivity index (χ4n) is 3.81. The van der Waals surface area contributed by atoms with Gasteiger partial charge in [0.05, 0.1) is 17.7 Å². The van der Waals surface area contributed by atoms with Gasteiger partial charge in [0.2, 0.25) is 5.91 Å². The molecule has 3 aromatic carbocycles. The maximum atomic E-state index is 13.7. The first-order chi connectivity index (χ1) is 17.7. The highest BCUT2D eigenvalue weighted by molar-refractivity contribution is 7.92. The Balaban J connectivity index is 1.56. The van der Waals surface area contributed by atoms with Crippen molar-refractivity contribution in [2.24, 2.45) is 0 Å². The Morgan fingerprint density at radius 1 is 1.05 bits per heavy atom. The lowest BCUT2D eigenvalue weighted by Crippen LogP contribution is -2.40. The fraction of sp³-hybridized carbons (Fsp3) is 0.185. The number of aryl methyl sites for hydroxylation is 2. The zero-order valence-electron chi connectivity index (χ0n) is 20.7. The van der Waals surface area contributed by atoms with E-state index in [1.807, 2.05) is 48.9 Å². The maximum Gasteiger partial charge on any atom is 0.264 e. The summed E-state index contributed by atoms with van der Waals surface area (Å²) in [6.45, 7) is 3.55. The highest BCUT2D eigenvalue weighted by Crippen LogP contribution is 2.34. The molecular weight excluding hydrogens is 512 g/mol. The number of imidazole rings is 1. The van der Waals surface area contributed by atoms with Crippen molar-refractivity contribution in [1.82, 2.24) is 14.9 Å². The van der Waals surface area contributed by atoms with Crippen molar-refractivity contribution in [2.45, 2.75) is 25.3 Å². The molecule has 0 aliphatic carbocycles. The number of halogens is 1. The molecule has 192 valence electrons. The molecule has 0 atom stereocenters. The van der Waals surface area contributed by atoms with Crippen molar-refractivity contribution in [3.8, 4) is 11.4 Å². The van der Waals surface area contributed by atoms with Crippen LogP contribution in [0.3, 0.4) is 0 Å². The summed E-state index contributed by atoms with van der Waals surface area (Å²) < 4.78 is 35.7. The molecule has 4 rings (SSSR count). The molecule has 0 radical (unpaired) electrons. The first-order valence-corrected chi connectivity index (χ1v) is 13.3. The van der Waals surface area contributed by atoms with Crippen LogP contribution >= 0.6 is 11.6 Å². The fourth-order valence-corrected chi connectivity index (χ4v) is 5.40. The Morgan fingerprint density at radius 3 is 2.38 bits per heavy atom. The zero-order valence-corrected chi connectivity index (χ0v) is 22.3. The minimum atomic E-state index is -4.11. The molecule has 1 aromatic heterocycles. The van der Waals surface area contributed by atoms with Crippen molar-refractivity contribution < 1.29 is 17.9 Å². The van der Waals surface area contributed by atoms with Crippen LogP contribution in [0.1, 0.15) is 17.0 Å². The number of hydrogen-bond donors (Lipinski definition) is 1. The van der Waals surface area contributed by atoms with Gasteiger partial charge in [-0.2, -0.15) is 0 Å². The van der Waals surface area contributed by atoms with E-state index in [-0.39, 0.29) is 22.9 Å². The average molecular weight is 539 g/mol. The lowest BCUT2D eigenvalue weighted by atomic mass is 10.2. The summed E-state index contributed by atoms with van der Waals surface area (Å²) >= 11 is 6.19. The Kier molecular flexibility index (Phi) is 7.85. The number of carbonyl (C=O) groups is 1. The van der Waals surface area contributed by atoms with Gasteiger partial charge >= 0.3 is 0 Å². The van der Waals surface area contributed by atoms with E-state index >= 15 is 0 Å². The summed E-state index contributed by atoms with van der Waals surface area (Å²) in [5.41, 5.74) is 2.90. The second-order valence-electron chi connectivity index (χ2n) is 8.43. The number of amides is 1. The van der Waals surface area contributed by atoms with Crippen molar-refractivity contribution >= 4 is 33.2 Å². The van der Waals surface area contributed by atoms with E-state index in [0.717, 1.165) is 26.9 Å². The second-order valence-corrected chi connectivity index (χ2v) is 10.7. The maximum absolute atomic E-state index is 13.7. The molecule has 10 heteroatoms. The van der Waals surface area contributed by atoms with Gasteiger partial charge < -0.3 is 14.6 Å². The van der Waals surface area contributed by atoms with Gasteiger partial charge in [0.25, 0.3) is 10.0 Å². The van der Waals surface area contributed by atoms with E-state index < -0.39 is 22.5 Å². The van der Waals surface area contributed by atoms with Gasteiger partial charge in [-0.1, -0.05) is 41.4 Å². The molecule has 0 fully saturated rings.